The summed E-state index contributed by atoms with van der Waals surface area (Å²) in [6, 6.07) is 0. The highest BCUT2D eigenvalue weighted by atomic mass is 16.4. The van der Waals surface area contributed by atoms with E-state index in [9.17, 15) is 20.4 Å². The fraction of sp³-hybridized carbons (Fsp3) is 1.00. The van der Waals surface area contributed by atoms with Gasteiger partial charge in [0, 0.05) is 0 Å². The lowest BCUT2D eigenvalue weighted by molar-refractivity contribution is -0.207. The summed E-state index contributed by atoms with van der Waals surface area (Å²) in [5, 5.41) is 50.2. The van der Waals surface area contributed by atoms with Crippen molar-refractivity contribution in [3.05, 3.63) is 0 Å². The second-order valence-corrected chi connectivity index (χ2v) is 4.24. The van der Waals surface area contributed by atoms with Gasteiger partial charge in [-0.2, -0.15) is 0 Å². The Morgan fingerprint density at radius 3 is 2.36 bits per heavy atom. The molecule has 0 spiro atoms. The smallest absolute Gasteiger partial charge is 0.145 e. The molecule has 6 heteroatoms. The van der Waals surface area contributed by atoms with Crippen LogP contribution in [0.5, 0.6) is 0 Å². The number of rotatable bonds is 1. The van der Waals surface area contributed by atoms with E-state index in [0.29, 0.717) is 6.42 Å². The summed E-state index contributed by atoms with van der Waals surface area (Å²) in [6.07, 6.45) is -3.63. The van der Waals surface area contributed by atoms with Crippen molar-refractivity contribution < 1.29 is 25.5 Å². The number of fused-ring (bicyclic) bond motifs is 2. The number of piperidine rings is 1. The van der Waals surface area contributed by atoms with Crippen molar-refractivity contribution in [2.75, 3.05) is 6.61 Å². The summed E-state index contributed by atoms with van der Waals surface area (Å²) in [5.74, 6) is 0. The number of aliphatic hydroxyl groups is 5. The van der Waals surface area contributed by atoms with Gasteiger partial charge in [-0.3, -0.25) is 5.32 Å². The first-order chi connectivity index (χ1) is 6.45. The van der Waals surface area contributed by atoms with Crippen LogP contribution in [0.2, 0.25) is 0 Å². The molecule has 2 fully saturated rings. The van der Waals surface area contributed by atoms with Gasteiger partial charge in [-0.1, -0.05) is 0 Å². The molecule has 5 atom stereocenters. The minimum Gasteiger partial charge on any atom is -0.394 e. The predicted octanol–water partition coefficient (Wildman–Crippen LogP) is -3.11. The van der Waals surface area contributed by atoms with E-state index >= 15 is 0 Å². The zero-order valence-corrected chi connectivity index (χ0v) is 7.59. The van der Waals surface area contributed by atoms with Crippen LogP contribution in [0.4, 0.5) is 0 Å². The molecule has 14 heavy (non-hydrogen) atoms. The van der Waals surface area contributed by atoms with Crippen LogP contribution < -0.4 is 5.32 Å². The van der Waals surface area contributed by atoms with Gasteiger partial charge in [0.15, 0.2) is 0 Å². The van der Waals surface area contributed by atoms with Gasteiger partial charge in [-0.15, -0.1) is 0 Å². The first-order valence-electron chi connectivity index (χ1n) is 4.62. The average Bonchev–Trinajstić information content (AvgIpc) is 2.52. The molecule has 6 N–H and O–H groups in total. The Bertz CT molecular complexity index is 250. The first-order valence-corrected chi connectivity index (χ1v) is 4.62. The SMILES string of the molecule is OC[C@@]12CC[C@@](O)(N1)[C@@H](O)[C@@H](O)[C@@H]2O. The number of nitrogens with one attached hydrogen (secondary N) is 1. The molecule has 2 bridgehead atoms. The van der Waals surface area contributed by atoms with Gasteiger partial charge in [0.1, 0.15) is 24.0 Å². The molecule has 2 aliphatic rings. The molecule has 2 aliphatic heterocycles. The maximum absolute atomic E-state index is 9.83. The van der Waals surface area contributed by atoms with Gasteiger partial charge in [-0.05, 0) is 12.8 Å². The van der Waals surface area contributed by atoms with Crippen LogP contribution in [0.3, 0.4) is 0 Å². The zero-order chi connectivity index (χ0) is 10.6. The molecule has 0 aliphatic carbocycles. The summed E-state index contributed by atoms with van der Waals surface area (Å²) in [7, 11) is 0. The highest BCUT2D eigenvalue weighted by molar-refractivity contribution is 5.16. The topological polar surface area (TPSA) is 113 Å². The number of hydrogen-bond donors (Lipinski definition) is 6. The Kier molecular flexibility index (Phi) is 2.11. The summed E-state index contributed by atoms with van der Waals surface area (Å²) >= 11 is 0. The third-order valence-corrected chi connectivity index (χ3v) is 3.40. The van der Waals surface area contributed by atoms with E-state index < -0.39 is 29.6 Å². The van der Waals surface area contributed by atoms with E-state index in [1.54, 1.807) is 0 Å². The molecule has 2 rings (SSSR count). The summed E-state index contributed by atoms with van der Waals surface area (Å²) in [6.45, 7) is -0.389. The maximum Gasteiger partial charge on any atom is 0.145 e. The van der Waals surface area contributed by atoms with Crippen molar-refractivity contribution in [1.29, 1.82) is 0 Å². The number of hydrogen-bond acceptors (Lipinski definition) is 6. The Labute approximate surface area is 80.8 Å². The van der Waals surface area contributed by atoms with Crippen LogP contribution in [-0.2, 0) is 0 Å². The van der Waals surface area contributed by atoms with E-state index in [4.69, 9.17) is 5.11 Å². The van der Waals surface area contributed by atoms with Crippen molar-refractivity contribution >= 4 is 0 Å². The molecule has 0 aromatic rings. The van der Waals surface area contributed by atoms with Crippen LogP contribution in [0.15, 0.2) is 0 Å². The molecular formula is C8H15NO5. The first kappa shape index (κ1) is 10.3. The molecule has 0 aromatic carbocycles. The normalized spacial score (nSPS) is 57.6. The lowest BCUT2D eigenvalue weighted by Crippen LogP contribution is -2.74. The van der Waals surface area contributed by atoms with Crippen molar-refractivity contribution in [2.45, 2.75) is 42.4 Å². The standard InChI is InChI=1S/C8H15NO5/c10-3-7-1-2-8(14,9-7)6(13)4(11)5(7)12/h4-6,9-14H,1-3H2/t4-,5-,6-,7+,8-/m0/s1. The van der Waals surface area contributed by atoms with Gasteiger partial charge in [0.2, 0.25) is 0 Å². The highest BCUT2D eigenvalue weighted by Gasteiger charge is 2.62. The molecule has 0 radical (unpaired) electrons. The van der Waals surface area contributed by atoms with Crippen LogP contribution in [0.25, 0.3) is 0 Å². The Morgan fingerprint density at radius 2 is 1.79 bits per heavy atom. The quantitative estimate of drug-likeness (QED) is 0.270. The molecule has 0 amide bonds. The molecule has 0 unspecified atom stereocenters. The minimum atomic E-state index is -1.60. The van der Waals surface area contributed by atoms with Gasteiger partial charge in [0.05, 0.1) is 12.1 Å². The molecule has 0 saturated carbocycles. The fourth-order valence-corrected chi connectivity index (χ4v) is 2.41. The van der Waals surface area contributed by atoms with E-state index in [-0.39, 0.29) is 13.0 Å². The molecule has 2 saturated heterocycles. The van der Waals surface area contributed by atoms with Crippen LogP contribution >= 0.6 is 0 Å². The van der Waals surface area contributed by atoms with Crippen molar-refractivity contribution in [2.24, 2.45) is 0 Å². The molecular weight excluding hydrogens is 190 g/mol. The lowest BCUT2D eigenvalue weighted by Gasteiger charge is -2.46. The third kappa shape index (κ3) is 1.06. The van der Waals surface area contributed by atoms with Crippen LogP contribution in [-0.4, -0.2) is 61.7 Å². The third-order valence-electron chi connectivity index (χ3n) is 3.40. The summed E-state index contributed by atoms with van der Waals surface area (Å²) < 4.78 is 0. The van der Waals surface area contributed by atoms with Gasteiger partial charge >= 0.3 is 0 Å². The molecule has 6 nitrogen and oxygen atoms in total. The predicted molar refractivity (Wildman–Crippen MR) is 45.2 cm³/mol. The Hall–Kier alpha value is -0.240. The number of aliphatic hydroxyl groups excluding tert-OH is 4. The van der Waals surface area contributed by atoms with E-state index in [1.165, 1.54) is 0 Å². The lowest BCUT2D eigenvalue weighted by atomic mass is 9.84. The van der Waals surface area contributed by atoms with E-state index in [1.807, 2.05) is 0 Å². The van der Waals surface area contributed by atoms with Crippen molar-refractivity contribution in [3.63, 3.8) is 0 Å². The van der Waals surface area contributed by atoms with Crippen molar-refractivity contribution in [1.82, 2.24) is 5.32 Å². The Morgan fingerprint density at radius 1 is 1.14 bits per heavy atom. The van der Waals surface area contributed by atoms with Gasteiger partial charge < -0.3 is 25.5 Å². The molecule has 2 heterocycles. The highest BCUT2D eigenvalue weighted by Crippen LogP contribution is 2.41. The fourth-order valence-electron chi connectivity index (χ4n) is 2.41. The zero-order valence-electron chi connectivity index (χ0n) is 7.59. The molecule has 0 aromatic heterocycles. The summed E-state index contributed by atoms with van der Waals surface area (Å²) in [4.78, 5) is 0. The van der Waals surface area contributed by atoms with Crippen molar-refractivity contribution in [3.8, 4) is 0 Å². The van der Waals surface area contributed by atoms with E-state index in [2.05, 4.69) is 5.32 Å². The molecule has 82 valence electrons. The van der Waals surface area contributed by atoms with E-state index in [0.717, 1.165) is 0 Å². The summed E-state index contributed by atoms with van der Waals surface area (Å²) in [5.41, 5.74) is -2.69. The van der Waals surface area contributed by atoms with Crippen LogP contribution in [0.1, 0.15) is 12.8 Å². The maximum atomic E-state index is 9.83. The van der Waals surface area contributed by atoms with Gasteiger partial charge in [0.25, 0.3) is 0 Å². The second-order valence-electron chi connectivity index (χ2n) is 4.24. The minimum absolute atomic E-state index is 0.197. The monoisotopic (exact) mass is 205 g/mol. The second kappa shape index (κ2) is 2.88. The van der Waals surface area contributed by atoms with Crippen LogP contribution in [0, 0.1) is 0 Å². The Balaban J connectivity index is 2.34. The largest absolute Gasteiger partial charge is 0.394 e. The van der Waals surface area contributed by atoms with Gasteiger partial charge in [-0.25, -0.2) is 0 Å². The average molecular weight is 205 g/mol.